The molecule has 0 aromatic carbocycles. The van der Waals surface area contributed by atoms with Gasteiger partial charge < -0.3 is 19.5 Å². The minimum Gasteiger partial charge on any atom is -0.487 e. The fraction of sp³-hybridized carbons (Fsp3) is 0.467. The molecular weight excluding hydrogens is 325 g/mol. The van der Waals surface area contributed by atoms with Gasteiger partial charge in [0.2, 0.25) is 0 Å². The highest BCUT2D eigenvalue weighted by molar-refractivity contribution is 7.08. The summed E-state index contributed by atoms with van der Waals surface area (Å²) in [6.45, 7) is 5.00. The SMILES string of the molecule is COC(=O)c1cscc1OC/C(=C\F)CNC(=O)OC(C)(C)C. The first-order valence-corrected chi connectivity index (χ1v) is 7.73. The second-order valence-electron chi connectivity index (χ2n) is 5.55. The standard InChI is InChI=1S/C15H20FNO5S/c1-15(2,3)22-14(19)17-6-10(5-16)7-21-12-9-23-8-11(12)13(18)20-4/h5,8-9H,6-7H2,1-4H3,(H,17,19)/b10-5-. The Morgan fingerprint density at radius 2 is 2.04 bits per heavy atom. The van der Waals surface area contributed by atoms with Crippen LogP contribution in [0.4, 0.5) is 9.18 Å². The number of rotatable bonds is 6. The van der Waals surface area contributed by atoms with Crippen LogP contribution in [0.25, 0.3) is 0 Å². The number of hydrogen-bond donors (Lipinski definition) is 1. The van der Waals surface area contributed by atoms with E-state index in [1.807, 2.05) is 0 Å². The van der Waals surface area contributed by atoms with Crippen molar-refractivity contribution in [1.29, 1.82) is 0 Å². The van der Waals surface area contributed by atoms with Gasteiger partial charge in [0, 0.05) is 22.9 Å². The highest BCUT2D eigenvalue weighted by Crippen LogP contribution is 2.24. The summed E-state index contributed by atoms with van der Waals surface area (Å²) in [5.41, 5.74) is -0.166. The number of methoxy groups -OCH3 is 1. The summed E-state index contributed by atoms with van der Waals surface area (Å²) in [5, 5.41) is 5.63. The van der Waals surface area contributed by atoms with Crippen LogP contribution in [-0.4, -0.2) is 37.9 Å². The van der Waals surface area contributed by atoms with E-state index in [4.69, 9.17) is 9.47 Å². The van der Waals surface area contributed by atoms with Gasteiger partial charge in [-0.15, -0.1) is 11.3 Å². The third-order valence-electron chi connectivity index (χ3n) is 2.46. The minimum absolute atomic E-state index is 0.0664. The van der Waals surface area contributed by atoms with Gasteiger partial charge in [0.15, 0.2) is 0 Å². The molecule has 0 radical (unpaired) electrons. The molecule has 0 saturated carbocycles. The molecule has 1 N–H and O–H groups in total. The lowest BCUT2D eigenvalue weighted by Gasteiger charge is -2.20. The van der Waals surface area contributed by atoms with E-state index in [9.17, 15) is 14.0 Å². The molecule has 1 rings (SSSR count). The van der Waals surface area contributed by atoms with E-state index in [0.717, 1.165) is 0 Å². The maximum Gasteiger partial charge on any atom is 0.407 e. The largest absolute Gasteiger partial charge is 0.487 e. The molecule has 1 aromatic rings. The predicted octanol–water partition coefficient (Wildman–Crippen LogP) is 3.29. The molecule has 0 aliphatic heterocycles. The first kappa shape index (κ1) is 19.0. The van der Waals surface area contributed by atoms with Gasteiger partial charge in [0.25, 0.3) is 0 Å². The van der Waals surface area contributed by atoms with Gasteiger partial charge in [0.05, 0.1) is 13.4 Å². The highest BCUT2D eigenvalue weighted by atomic mass is 32.1. The van der Waals surface area contributed by atoms with Crippen molar-refractivity contribution < 1.29 is 28.2 Å². The number of alkyl carbamates (subject to hydrolysis) is 1. The van der Waals surface area contributed by atoms with Crippen molar-refractivity contribution in [2.45, 2.75) is 26.4 Å². The van der Waals surface area contributed by atoms with Crippen LogP contribution in [-0.2, 0) is 9.47 Å². The average Bonchev–Trinajstić information content (AvgIpc) is 2.93. The van der Waals surface area contributed by atoms with Gasteiger partial charge >= 0.3 is 12.1 Å². The van der Waals surface area contributed by atoms with Crippen molar-refractivity contribution in [1.82, 2.24) is 5.32 Å². The number of ether oxygens (including phenoxy) is 3. The summed E-state index contributed by atoms with van der Waals surface area (Å²) >= 11 is 1.26. The molecule has 23 heavy (non-hydrogen) atoms. The Morgan fingerprint density at radius 3 is 2.61 bits per heavy atom. The van der Waals surface area contributed by atoms with Crippen LogP contribution in [0.3, 0.4) is 0 Å². The molecule has 0 aliphatic carbocycles. The zero-order chi connectivity index (χ0) is 17.5. The summed E-state index contributed by atoms with van der Waals surface area (Å²) in [7, 11) is 1.27. The van der Waals surface area contributed by atoms with E-state index in [1.54, 1.807) is 31.5 Å². The third-order valence-corrected chi connectivity index (χ3v) is 3.18. The molecule has 128 valence electrons. The molecule has 1 aromatic heterocycles. The Labute approximate surface area is 138 Å². The van der Waals surface area contributed by atoms with Crippen LogP contribution in [0.2, 0.25) is 0 Å². The Bertz CT molecular complexity index is 577. The third kappa shape index (κ3) is 6.68. The molecule has 0 aliphatic rings. The van der Waals surface area contributed by atoms with Crippen molar-refractivity contribution in [2.24, 2.45) is 0 Å². The normalized spacial score (nSPS) is 11.8. The fourth-order valence-electron chi connectivity index (χ4n) is 1.45. The first-order chi connectivity index (χ1) is 10.8. The molecule has 0 unspecified atom stereocenters. The summed E-state index contributed by atoms with van der Waals surface area (Å²) in [6, 6.07) is 0. The maximum absolute atomic E-state index is 12.9. The number of nitrogens with one attached hydrogen (secondary N) is 1. The van der Waals surface area contributed by atoms with Crippen LogP contribution in [0.15, 0.2) is 22.7 Å². The maximum atomic E-state index is 12.9. The molecule has 0 spiro atoms. The lowest BCUT2D eigenvalue weighted by atomic mass is 10.2. The van der Waals surface area contributed by atoms with Crippen molar-refractivity contribution in [3.63, 3.8) is 0 Å². The van der Waals surface area contributed by atoms with Gasteiger partial charge in [0.1, 0.15) is 23.5 Å². The molecule has 0 bridgehead atoms. The highest BCUT2D eigenvalue weighted by Gasteiger charge is 2.17. The first-order valence-electron chi connectivity index (χ1n) is 6.79. The van der Waals surface area contributed by atoms with Crippen molar-refractivity contribution in [2.75, 3.05) is 20.3 Å². The van der Waals surface area contributed by atoms with Crippen molar-refractivity contribution in [3.8, 4) is 5.75 Å². The Morgan fingerprint density at radius 1 is 1.35 bits per heavy atom. The van der Waals surface area contributed by atoms with Crippen LogP contribution < -0.4 is 10.1 Å². The monoisotopic (exact) mass is 345 g/mol. The molecule has 1 heterocycles. The Hall–Kier alpha value is -2.09. The molecule has 0 fully saturated rings. The van der Waals surface area contributed by atoms with Gasteiger partial charge in [-0.25, -0.2) is 14.0 Å². The summed E-state index contributed by atoms with van der Waals surface area (Å²) in [4.78, 5) is 23.0. The number of halogens is 1. The molecule has 8 heteroatoms. The molecule has 0 atom stereocenters. The number of thiophene rings is 1. The second kappa shape index (κ2) is 8.52. The number of hydrogen-bond acceptors (Lipinski definition) is 6. The van der Waals surface area contributed by atoms with E-state index < -0.39 is 17.7 Å². The minimum atomic E-state index is -0.650. The number of carbonyl (C=O) groups excluding carboxylic acids is 2. The Balaban J connectivity index is 2.51. The lowest BCUT2D eigenvalue weighted by molar-refractivity contribution is 0.0530. The summed E-state index contributed by atoms with van der Waals surface area (Å²) in [5.74, 6) is -0.225. The lowest BCUT2D eigenvalue weighted by Crippen LogP contribution is -2.34. The van der Waals surface area contributed by atoms with E-state index in [2.05, 4.69) is 10.1 Å². The second-order valence-corrected chi connectivity index (χ2v) is 6.30. The molecule has 6 nitrogen and oxygen atoms in total. The van der Waals surface area contributed by atoms with Gasteiger partial charge in [-0.3, -0.25) is 0 Å². The molecular formula is C15H20FNO5S. The fourth-order valence-corrected chi connectivity index (χ4v) is 2.18. The van der Waals surface area contributed by atoms with E-state index in [0.29, 0.717) is 12.1 Å². The zero-order valence-corrected chi connectivity index (χ0v) is 14.3. The van der Waals surface area contributed by atoms with E-state index >= 15 is 0 Å². The van der Waals surface area contributed by atoms with Crippen LogP contribution in [0, 0.1) is 0 Å². The van der Waals surface area contributed by atoms with Gasteiger partial charge in [-0.05, 0) is 20.8 Å². The van der Waals surface area contributed by atoms with E-state index in [-0.39, 0.29) is 24.3 Å². The van der Waals surface area contributed by atoms with Crippen LogP contribution in [0.1, 0.15) is 31.1 Å². The summed E-state index contributed by atoms with van der Waals surface area (Å²) < 4.78 is 27.9. The number of carbonyl (C=O) groups is 2. The zero-order valence-electron chi connectivity index (χ0n) is 13.5. The van der Waals surface area contributed by atoms with Crippen LogP contribution in [0.5, 0.6) is 5.75 Å². The topological polar surface area (TPSA) is 73.9 Å². The van der Waals surface area contributed by atoms with Crippen LogP contribution >= 0.6 is 11.3 Å². The summed E-state index contributed by atoms with van der Waals surface area (Å²) in [6.07, 6.45) is -0.302. The molecule has 1 amide bonds. The average molecular weight is 345 g/mol. The number of amides is 1. The van der Waals surface area contributed by atoms with Gasteiger partial charge in [-0.2, -0.15) is 0 Å². The molecule has 0 saturated heterocycles. The Kier molecular flexibility index (Phi) is 7.02. The van der Waals surface area contributed by atoms with Crippen molar-refractivity contribution >= 4 is 23.4 Å². The number of esters is 1. The predicted molar refractivity (Wildman–Crippen MR) is 84.6 cm³/mol. The quantitative estimate of drug-likeness (QED) is 0.801. The smallest absolute Gasteiger partial charge is 0.407 e. The van der Waals surface area contributed by atoms with E-state index in [1.165, 1.54) is 18.4 Å². The van der Waals surface area contributed by atoms with Crippen molar-refractivity contribution in [3.05, 3.63) is 28.2 Å². The van der Waals surface area contributed by atoms with Gasteiger partial charge in [-0.1, -0.05) is 0 Å².